The monoisotopic (exact) mass is 504 g/mol. The molecule has 1 fully saturated rings. The lowest BCUT2D eigenvalue weighted by Crippen LogP contribution is -2.53. The van der Waals surface area contributed by atoms with Crippen molar-refractivity contribution in [3.63, 3.8) is 0 Å². The minimum absolute atomic E-state index is 0.600. The van der Waals surface area contributed by atoms with Crippen molar-refractivity contribution in [2.24, 2.45) is 0 Å². The summed E-state index contributed by atoms with van der Waals surface area (Å²) in [5.41, 5.74) is 6.32. The predicted octanol–water partition coefficient (Wildman–Crippen LogP) is 5.95. The molecule has 0 saturated carbocycles. The summed E-state index contributed by atoms with van der Waals surface area (Å²) >= 11 is 0. The zero-order valence-electron chi connectivity index (χ0n) is 22.0. The normalized spacial score (nSPS) is 16.0. The van der Waals surface area contributed by atoms with E-state index >= 15 is 0 Å². The Hall–Kier alpha value is -3.64. The van der Waals surface area contributed by atoms with Gasteiger partial charge in [0.15, 0.2) is 0 Å². The average Bonchev–Trinajstić information content (AvgIpc) is 3.14. The van der Waals surface area contributed by atoms with Gasteiger partial charge in [0.2, 0.25) is 0 Å². The van der Waals surface area contributed by atoms with Crippen LogP contribution in [0.4, 0.5) is 11.4 Å². The van der Waals surface area contributed by atoms with E-state index in [-0.39, 0.29) is 0 Å². The highest BCUT2D eigenvalue weighted by Gasteiger charge is 2.29. The van der Waals surface area contributed by atoms with E-state index in [1.165, 1.54) is 22.4 Å². The number of hydrazine groups is 1. The molecule has 0 bridgehead atoms. The van der Waals surface area contributed by atoms with Crippen LogP contribution in [0.3, 0.4) is 0 Å². The molecular weight excluding hydrogens is 468 g/mol. The maximum atomic E-state index is 6.20. The first kappa shape index (κ1) is 24.7. The van der Waals surface area contributed by atoms with Crippen molar-refractivity contribution in [3.8, 4) is 5.75 Å². The molecule has 1 saturated heterocycles. The van der Waals surface area contributed by atoms with Crippen molar-refractivity contribution >= 4 is 11.4 Å². The summed E-state index contributed by atoms with van der Waals surface area (Å²) in [6.07, 6.45) is 0. The Labute approximate surface area is 226 Å². The molecule has 0 unspecified atom stereocenters. The van der Waals surface area contributed by atoms with Crippen molar-refractivity contribution in [1.82, 2.24) is 14.8 Å². The standard InChI is InChI=1S/C33H36N4O/c1-3-11-28(12-4-1)25-35(26-29-13-5-2-6-14-29)20-19-34-21-23-36(24-22-34)37-31-16-8-7-15-30(31)27-38-33-18-10-9-17-32(33)37/h1-18H,19-27H2. The summed E-state index contributed by atoms with van der Waals surface area (Å²) in [5, 5.41) is 4.89. The van der Waals surface area contributed by atoms with Gasteiger partial charge in [-0.25, -0.2) is 5.01 Å². The van der Waals surface area contributed by atoms with Crippen LogP contribution in [-0.2, 0) is 19.7 Å². The molecule has 4 aromatic rings. The molecule has 194 valence electrons. The van der Waals surface area contributed by atoms with Gasteiger partial charge in [0.1, 0.15) is 12.4 Å². The molecule has 0 N–H and O–H groups in total. The van der Waals surface area contributed by atoms with E-state index in [1.807, 2.05) is 0 Å². The Balaban J connectivity index is 1.12. The minimum atomic E-state index is 0.600. The third-order valence-electron chi connectivity index (χ3n) is 7.56. The summed E-state index contributed by atoms with van der Waals surface area (Å²) in [5.74, 6) is 0.948. The molecule has 2 aliphatic rings. The van der Waals surface area contributed by atoms with Crippen LogP contribution in [0.5, 0.6) is 5.75 Å². The van der Waals surface area contributed by atoms with Crippen molar-refractivity contribution in [3.05, 3.63) is 126 Å². The Morgan fingerprint density at radius 1 is 0.605 bits per heavy atom. The van der Waals surface area contributed by atoms with E-state index in [1.54, 1.807) is 0 Å². The van der Waals surface area contributed by atoms with Gasteiger partial charge in [-0.2, -0.15) is 0 Å². The summed E-state index contributed by atoms with van der Waals surface area (Å²) in [4.78, 5) is 5.20. The number of hydrogen-bond acceptors (Lipinski definition) is 5. The highest BCUT2D eigenvalue weighted by Crippen LogP contribution is 2.40. The molecule has 0 spiro atoms. The van der Waals surface area contributed by atoms with Gasteiger partial charge in [0, 0.05) is 57.9 Å². The van der Waals surface area contributed by atoms with Crippen LogP contribution >= 0.6 is 0 Å². The van der Waals surface area contributed by atoms with Crippen LogP contribution in [0.25, 0.3) is 0 Å². The lowest BCUT2D eigenvalue weighted by molar-refractivity contribution is 0.115. The first-order valence-corrected chi connectivity index (χ1v) is 13.7. The fourth-order valence-corrected chi connectivity index (χ4v) is 5.52. The minimum Gasteiger partial charge on any atom is -0.487 e. The van der Waals surface area contributed by atoms with E-state index < -0.39 is 0 Å². The second-order valence-electron chi connectivity index (χ2n) is 10.2. The number of anilines is 2. The number of piperazine rings is 1. The van der Waals surface area contributed by atoms with Crippen LogP contribution in [0.2, 0.25) is 0 Å². The fourth-order valence-electron chi connectivity index (χ4n) is 5.52. The van der Waals surface area contributed by atoms with Crippen molar-refractivity contribution in [1.29, 1.82) is 0 Å². The first-order chi connectivity index (χ1) is 18.8. The van der Waals surface area contributed by atoms with Crippen LogP contribution in [0.1, 0.15) is 16.7 Å². The summed E-state index contributed by atoms with van der Waals surface area (Å²) < 4.78 is 6.20. The molecule has 38 heavy (non-hydrogen) atoms. The van der Waals surface area contributed by atoms with Gasteiger partial charge in [0.25, 0.3) is 0 Å². The number of ether oxygens (including phenoxy) is 1. The van der Waals surface area contributed by atoms with Gasteiger partial charge in [-0.3, -0.25) is 14.8 Å². The van der Waals surface area contributed by atoms with Gasteiger partial charge >= 0.3 is 0 Å². The maximum Gasteiger partial charge on any atom is 0.144 e. The topological polar surface area (TPSA) is 22.2 Å². The van der Waals surface area contributed by atoms with Gasteiger partial charge < -0.3 is 4.74 Å². The number of benzene rings is 4. The van der Waals surface area contributed by atoms with E-state index in [0.717, 1.165) is 63.8 Å². The number of rotatable bonds is 8. The molecule has 2 aliphatic heterocycles. The quantitative estimate of drug-likeness (QED) is 0.295. The largest absolute Gasteiger partial charge is 0.487 e. The third kappa shape index (κ3) is 5.76. The zero-order chi connectivity index (χ0) is 25.6. The molecule has 6 rings (SSSR count). The first-order valence-electron chi connectivity index (χ1n) is 13.7. The lowest BCUT2D eigenvalue weighted by Gasteiger charge is -2.42. The molecule has 5 heteroatoms. The van der Waals surface area contributed by atoms with Crippen LogP contribution in [0, 0.1) is 0 Å². The Kier molecular flexibility index (Phi) is 7.68. The molecular formula is C33H36N4O. The highest BCUT2D eigenvalue weighted by molar-refractivity contribution is 5.71. The summed E-state index contributed by atoms with van der Waals surface area (Å²) in [7, 11) is 0. The maximum absolute atomic E-state index is 6.20. The van der Waals surface area contributed by atoms with Crippen molar-refractivity contribution < 1.29 is 4.74 Å². The number of fused-ring (bicyclic) bond motifs is 2. The fraction of sp³-hybridized carbons (Fsp3) is 0.273. The molecule has 0 radical (unpaired) electrons. The molecule has 5 nitrogen and oxygen atoms in total. The SMILES string of the molecule is c1ccc(CN(CCN2CCN(N3c4ccccc4COc4ccccc43)CC2)Cc2ccccc2)cc1. The zero-order valence-corrected chi connectivity index (χ0v) is 22.0. The Morgan fingerprint density at radius 3 is 1.87 bits per heavy atom. The van der Waals surface area contributed by atoms with E-state index in [4.69, 9.17) is 4.74 Å². The Morgan fingerprint density at radius 2 is 1.18 bits per heavy atom. The molecule has 0 aromatic heterocycles. The van der Waals surface area contributed by atoms with Crippen LogP contribution in [-0.4, -0.2) is 54.1 Å². The van der Waals surface area contributed by atoms with E-state index in [0.29, 0.717) is 6.61 Å². The van der Waals surface area contributed by atoms with Crippen molar-refractivity contribution in [2.75, 3.05) is 44.3 Å². The molecule has 0 amide bonds. The third-order valence-corrected chi connectivity index (χ3v) is 7.56. The van der Waals surface area contributed by atoms with Crippen LogP contribution in [0.15, 0.2) is 109 Å². The second-order valence-corrected chi connectivity index (χ2v) is 10.2. The van der Waals surface area contributed by atoms with Gasteiger partial charge in [0.05, 0.1) is 11.4 Å². The van der Waals surface area contributed by atoms with Crippen molar-refractivity contribution in [2.45, 2.75) is 19.7 Å². The predicted molar refractivity (Wildman–Crippen MR) is 154 cm³/mol. The van der Waals surface area contributed by atoms with E-state index in [2.05, 4.69) is 129 Å². The number of nitrogens with zero attached hydrogens (tertiary/aromatic N) is 4. The van der Waals surface area contributed by atoms with Gasteiger partial charge in [-0.15, -0.1) is 0 Å². The smallest absolute Gasteiger partial charge is 0.144 e. The van der Waals surface area contributed by atoms with Gasteiger partial charge in [-0.1, -0.05) is 91.0 Å². The highest BCUT2D eigenvalue weighted by atomic mass is 16.5. The number of hydrogen-bond donors (Lipinski definition) is 0. The average molecular weight is 505 g/mol. The molecule has 0 aliphatic carbocycles. The van der Waals surface area contributed by atoms with E-state index in [9.17, 15) is 0 Å². The summed E-state index contributed by atoms with van der Waals surface area (Å²) in [6, 6.07) is 38.7. The molecule has 2 heterocycles. The van der Waals surface area contributed by atoms with Crippen LogP contribution < -0.4 is 9.75 Å². The lowest BCUT2D eigenvalue weighted by atomic mass is 10.1. The Bertz CT molecular complexity index is 1220. The second kappa shape index (κ2) is 11.8. The van der Waals surface area contributed by atoms with Gasteiger partial charge in [-0.05, 0) is 29.3 Å². The number of para-hydroxylation sites is 3. The summed E-state index contributed by atoms with van der Waals surface area (Å²) in [6.45, 7) is 8.73. The molecule has 0 atom stereocenters. The molecule has 4 aromatic carbocycles.